The summed E-state index contributed by atoms with van der Waals surface area (Å²) in [7, 11) is 0. The molecular weight excluding hydrogens is 575 g/mol. The molecule has 1 aliphatic rings. The summed E-state index contributed by atoms with van der Waals surface area (Å²) in [4.78, 5) is 28.2. The number of rotatable bonds is 6. The van der Waals surface area contributed by atoms with Crippen molar-refractivity contribution in [2.45, 2.75) is 38.1 Å². The first-order chi connectivity index (χ1) is 19.0. The summed E-state index contributed by atoms with van der Waals surface area (Å²) in [6.07, 6.45) is -18.2. The van der Waals surface area contributed by atoms with Crippen molar-refractivity contribution < 1.29 is 58.6 Å². The first-order valence-electron chi connectivity index (χ1n) is 11.8. The fourth-order valence-corrected chi connectivity index (χ4v) is 4.40. The van der Waals surface area contributed by atoms with Gasteiger partial charge in [-0.05, 0) is 36.2 Å². The van der Waals surface area contributed by atoms with Gasteiger partial charge in [-0.25, -0.2) is 9.59 Å². The topological polar surface area (TPSA) is 71.6 Å². The van der Waals surface area contributed by atoms with Gasteiger partial charge in [0.1, 0.15) is 11.8 Å². The minimum absolute atomic E-state index is 0.0124. The number of H-pyrrole nitrogens is 1. The number of amides is 1. The van der Waals surface area contributed by atoms with Crippen LogP contribution in [0.2, 0.25) is 0 Å². The van der Waals surface area contributed by atoms with Crippen molar-refractivity contribution >= 4 is 12.1 Å². The highest BCUT2D eigenvalue weighted by Gasteiger charge is 2.44. The molecule has 4 rings (SSSR count). The van der Waals surface area contributed by atoms with Gasteiger partial charge in [0.05, 0.1) is 36.4 Å². The van der Waals surface area contributed by atoms with Crippen molar-refractivity contribution in [1.29, 1.82) is 0 Å². The number of cyclic esters (lactones) is 1. The Morgan fingerprint density at radius 3 is 2.05 bits per heavy atom. The molecule has 1 atom stereocenters. The number of nitrogens with zero attached hydrogens (tertiary/aromatic N) is 1. The maximum absolute atomic E-state index is 14.2. The normalized spacial score (nSPS) is 16.2. The zero-order valence-corrected chi connectivity index (χ0v) is 20.8. The van der Waals surface area contributed by atoms with Crippen molar-refractivity contribution in [2.24, 2.45) is 0 Å². The highest BCUT2D eigenvalue weighted by Crippen LogP contribution is 2.43. The van der Waals surface area contributed by atoms with Crippen LogP contribution in [-0.2, 0) is 34.5 Å². The first-order valence-corrected chi connectivity index (χ1v) is 11.8. The predicted molar refractivity (Wildman–Crippen MR) is 123 cm³/mol. The van der Waals surface area contributed by atoms with Gasteiger partial charge in [0.15, 0.2) is 0 Å². The number of hydrogen-bond acceptors (Lipinski definition) is 4. The molecule has 1 aliphatic heterocycles. The molecule has 1 saturated heterocycles. The van der Waals surface area contributed by atoms with Gasteiger partial charge in [0, 0.05) is 11.3 Å². The molecule has 3 aromatic rings. The molecule has 1 amide bonds. The molecule has 2 aromatic carbocycles. The van der Waals surface area contributed by atoms with Gasteiger partial charge in [0.2, 0.25) is 0 Å². The van der Waals surface area contributed by atoms with Crippen LogP contribution in [0.5, 0.6) is 0 Å². The Balaban J connectivity index is 1.75. The van der Waals surface area contributed by atoms with Crippen LogP contribution in [0.1, 0.15) is 51.5 Å². The average Bonchev–Trinajstić information content (AvgIpc) is 3.44. The fourth-order valence-electron chi connectivity index (χ4n) is 4.40. The number of aromatic amines is 1. The van der Waals surface area contributed by atoms with E-state index in [0.717, 1.165) is 4.90 Å². The molecule has 41 heavy (non-hydrogen) atoms. The van der Waals surface area contributed by atoms with Gasteiger partial charge in [-0.3, -0.25) is 4.90 Å². The molecule has 1 aromatic heterocycles. The average molecular weight is 594 g/mol. The van der Waals surface area contributed by atoms with Gasteiger partial charge in [-0.1, -0.05) is 30.3 Å². The van der Waals surface area contributed by atoms with Crippen LogP contribution in [0.25, 0.3) is 11.1 Å². The second kappa shape index (κ2) is 10.7. The third-order valence-corrected chi connectivity index (χ3v) is 6.12. The van der Waals surface area contributed by atoms with Crippen LogP contribution >= 0.6 is 0 Å². The van der Waals surface area contributed by atoms with E-state index in [1.807, 2.05) is 0 Å². The SMILES string of the molecule is CCOC(=O)c1[nH]c(CN2CC(c3cc(C(F)(F)F)cc(C(F)(F)F)c3)OC2=O)c(-c2ccccc2)c1C(F)(F)F. The second-order valence-corrected chi connectivity index (χ2v) is 8.90. The number of halogens is 9. The Kier molecular flexibility index (Phi) is 7.76. The summed E-state index contributed by atoms with van der Waals surface area (Å²) < 4.78 is 132. The summed E-state index contributed by atoms with van der Waals surface area (Å²) in [5.74, 6) is -1.33. The molecule has 0 aliphatic carbocycles. The number of ether oxygens (including phenoxy) is 2. The second-order valence-electron chi connectivity index (χ2n) is 8.90. The number of esters is 1. The standard InChI is InChI=1S/C26H19F9N2O4/c1-2-40-22(38)21-20(26(33,34)35)19(13-6-4-3-5-7-13)17(36-21)11-37-12-18(41-23(37)39)14-8-15(24(27,28)29)10-16(9-14)25(30,31)32/h3-10,18,36H,2,11-12H2,1H3. The van der Waals surface area contributed by atoms with Crippen LogP contribution in [-0.4, -0.2) is 35.1 Å². The molecule has 0 spiro atoms. The van der Waals surface area contributed by atoms with E-state index in [1.54, 1.807) is 0 Å². The highest BCUT2D eigenvalue weighted by molar-refractivity contribution is 5.93. The zero-order valence-electron chi connectivity index (χ0n) is 20.8. The molecule has 220 valence electrons. The monoisotopic (exact) mass is 594 g/mol. The Morgan fingerprint density at radius 2 is 1.54 bits per heavy atom. The van der Waals surface area contributed by atoms with Crippen molar-refractivity contribution in [3.8, 4) is 11.1 Å². The Bertz CT molecular complexity index is 1410. The van der Waals surface area contributed by atoms with Crippen molar-refractivity contribution in [2.75, 3.05) is 13.2 Å². The number of alkyl halides is 9. The first kappa shape index (κ1) is 29.8. The number of carbonyl (C=O) groups excluding carboxylic acids is 2. The number of aromatic nitrogens is 1. The fraction of sp³-hybridized carbons (Fsp3) is 0.308. The number of hydrogen-bond donors (Lipinski definition) is 1. The third-order valence-electron chi connectivity index (χ3n) is 6.12. The Morgan fingerprint density at radius 1 is 0.951 bits per heavy atom. The molecular formula is C26H19F9N2O4. The van der Waals surface area contributed by atoms with E-state index in [-0.39, 0.29) is 23.9 Å². The quantitative estimate of drug-likeness (QED) is 0.236. The Hall–Kier alpha value is -4.17. The zero-order chi connectivity index (χ0) is 30.3. The summed E-state index contributed by atoms with van der Waals surface area (Å²) in [5.41, 5.74) is -6.93. The molecule has 0 saturated carbocycles. The summed E-state index contributed by atoms with van der Waals surface area (Å²) in [5, 5.41) is 0. The van der Waals surface area contributed by atoms with Gasteiger partial charge < -0.3 is 14.5 Å². The molecule has 2 heterocycles. The van der Waals surface area contributed by atoms with Gasteiger partial charge in [0.25, 0.3) is 0 Å². The van der Waals surface area contributed by atoms with E-state index in [9.17, 15) is 49.1 Å². The smallest absolute Gasteiger partial charge is 0.419 e. The lowest BCUT2D eigenvalue weighted by atomic mass is 9.99. The maximum atomic E-state index is 14.2. The van der Waals surface area contributed by atoms with Gasteiger partial charge in [-0.15, -0.1) is 0 Å². The minimum Gasteiger partial charge on any atom is -0.461 e. The number of benzene rings is 2. The van der Waals surface area contributed by atoms with Gasteiger partial charge >= 0.3 is 30.6 Å². The van der Waals surface area contributed by atoms with Crippen LogP contribution in [0, 0.1) is 0 Å². The van der Waals surface area contributed by atoms with Crippen LogP contribution < -0.4 is 0 Å². The number of carbonyl (C=O) groups is 2. The van der Waals surface area contributed by atoms with E-state index < -0.39 is 83.3 Å². The van der Waals surface area contributed by atoms with E-state index in [1.165, 1.54) is 37.3 Å². The van der Waals surface area contributed by atoms with Crippen molar-refractivity contribution in [1.82, 2.24) is 9.88 Å². The molecule has 0 bridgehead atoms. The number of nitrogens with one attached hydrogen (secondary N) is 1. The summed E-state index contributed by atoms with van der Waals surface area (Å²) >= 11 is 0. The van der Waals surface area contributed by atoms with Gasteiger partial charge in [-0.2, -0.15) is 39.5 Å². The largest absolute Gasteiger partial charge is 0.461 e. The van der Waals surface area contributed by atoms with Crippen molar-refractivity contribution in [3.63, 3.8) is 0 Å². The third kappa shape index (κ3) is 6.28. The van der Waals surface area contributed by atoms with E-state index in [4.69, 9.17) is 9.47 Å². The van der Waals surface area contributed by atoms with Crippen molar-refractivity contribution in [3.05, 3.63) is 82.2 Å². The summed E-state index contributed by atoms with van der Waals surface area (Å²) in [6, 6.07) is 7.76. The van der Waals surface area contributed by atoms with Crippen LogP contribution in [0.3, 0.4) is 0 Å². The van der Waals surface area contributed by atoms with E-state index in [2.05, 4.69) is 4.98 Å². The molecule has 6 nitrogen and oxygen atoms in total. The molecule has 1 N–H and O–H groups in total. The lowest BCUT2D eigenvalue weighted by molar-refractivity contribution is -0.143. The minimum atomic E-state index is -5.15. The molecule has 15 heteroatoms. The van der Waals surface area contributed by atoms with E-state index in [0.29, 0.717) is 12.1 Å². The maximum Gasteiger partial charge on any atom is 0.419 e. The highest BCUT2D eigenvalue weighted by atomic mass is 19.4. The molecule has 0 radical (unpaired) electrons. The molecule has 1 fully saturated rings. The summed E-state index contributed by atoms with van der Waals surface area (Å²) in [6.45, 7) is -0.123. The van der Waals surface area contributed by atoms with Crippen LogP contribution in [0.4, 0.5) is 44.3 Å². The predicted octanol–water partition coefficient (Wildman–Crippen LogP) is 7.61. The Labute approximate surface area is 225 Å². The van der Waals surface area contributed by atoms with Crippen LogP contribution in [0.15, 0.2) is 48.5 Å². The lowest BCUT2D eigenvalue weighted by Crippen LogP contribution is -2.24. The molecule has 1 unspecified atom stereocenters. The van der Waals surface area contributed by atoms with E-state index >= 15 is 0 Å². The lowest BCUT2D eigenvalue weighted by Gasteiger charge is -2.17.